The number of anilines is 1. The third-order valence-electron chi connectivity index (χ3n) is 12.2. The summed E-state index contributed by atoms with van der Waals surface area (Å²) >= 11 is 0. The van der Waals surface area contributed by atoms with E-state index in [2.05, 4.69) is 55.7 Å². The number of benzene rings is 6. The molecule has 0 aliphatic carbocycles. The highest BCUT2D eigenvalue weighted by atomic mass is 16.4. The molecule has 8 heteroatoms. The van der Waals surface area contributed by atoms with Gasteiger partial charge in [-0.05, 0) is 125 Å². The van der Waals surface area contributed by atoms with Crippen LogP contribution < -0.4 is 10.6 Å². The lowest BCUT2D eigenvalue weighted by Crippen LogP contribution is -2.45. The molecule has 6 rings (SSSR count). The van der Waals surface area contributed by atoms with E-state index >= 15 is 0 Å². The van der Waals surface area contributed by atoms with Gasteiger partial charge in [0.1, 0.15) is 0 Å². The first-order chi connectivity index (χ1) is 27.2. The summed E-state index contributed by atoms with van der Waals surface area (Å²) < 4.78 is 0. The maximum Gasteiger partial charge on any atom is 0.336 e. The number of fused-ring (bicyclic) bond motifs is 2. The molecule has 0 unspecified atom stereocenters. The highest BCUT2D eigenvalue weighted by Crippen LogP contribution is 2.41. The Bertz CT molecular complexity index is 2530. The Morgan fingerprint density at radius 2 is 1.18 bits per heavy atom. The molecule has 4 N–H and O–H groups in total. The fourth-order valence-electron chi connectivity index (χ4n) is 7.58. The number of carbonyl (C=O) groups excluding carboxylic acids is 2. The molecule has 0 spiro atoms. The number of aromatic carboxylic acids is 2. The van der Waals surface area contributed by atoms with E-state index in [4.69, 9.17) is 0 Å². The van der Waals surface area contributed by atoms with Gasteiger partial charge in [-0.25, -0.2) is 9.59 Å². The van der Waals surface area contributed by atoms with Crippen molar-refractivity contribution < 1.29 is 29.4 Å². The van der Waals surface area contributed by atoms with E-state index in [1.807, 2.05) is 58.0 Å². The lowest BCUT2D eigenvalue weighted by atomic mass is 9.77. The van der Waals surface area contributed by atoms with Gasteiger partial charge < -0.3 is 20.8 Å². The molecule has 0 atom stereocenters. The Morgan fingerprint density at radius 3 is 1.75 bits per heavy atom. The molecule has 0 aliphatic heterocycles. The molecule has 0 heterocycles. The van der Waals surface area contributed by atoms with Crippen molar-refractivity contribution in [1.82, 2.24) is 5.32 Å². The van der Waals surface area contributed by atoms with Crippen LogP contribution in [0.25, 0.3) is 43.8 Å². The highest BCUT2D eigenvalue weighted by molar-refractivity contribution is 6.21. The van der Waals surface area contributed by atoms with Gasteiger partial charge in [-0.2, -0.15) is 0 Å². The van der Waals surface area contributed by atoms with Gasteiger partial charge in [-0.1, -0.05) is 107 Å². The highest BCUT2D eigenvalue weighted by Gasteiger charge is 2.31. The Labute approximate surface area is 334 Å². The number of carbonyl (C=O) groups is 4. The van der Waals surface area contributed by atoms with Crippen LogP contribution >= 0.6 is 0 Å². The smallest absolute Gasteiger partial charge is 0.336 e. The first-order valence-corrected chi connectivity index (χ1v) is 19.6. The van der Waals surface area contributed by atoms with Crippen LogP contribution in [-0.2, 0) is 5.41 Å². The van der Waals surface area contributed by atoms with E-state index in [0.29, 0.717) is 51.2 Å². The molecule has 6 aromatic rings. The summed E-state index contributed by atoms with van der Waals surface area (Å²) in [6.07, 6.45) is 3.34. The van der Waals surface area contributed by atoms with Gasteiger partial charge in [-0.3, -0.25) is 9.59 Å². The Morgan fingerprint density at radius 1 is 0.596 bits per heavy atom. The number of rotatable bonds is 13. The number of aryl methyl sites for hydroxylation is 1. The summed E-state index contributed by atoms with van der Waals surface area (Å²) in [4.78, 5) is 54.1. The van der Waals surface area contributed by atoms with Crippen LogP contribution in [0.5, 0.6) is 0 Å². The topological polar surface area (TPSA) is 133 Å². The summed E-state index contributed by atoms with van der Waals surface area (Å²) in [7, 11) is 0. The molecule has 0 bridgehead atoms. The predicted octanol–water partition coefficient (Wildman–Crippen LogP) is 11.7. The monoisotopic (exact) mass is 762 g/mol. The molecule has 292 valence electrons. The van der Waals surface area contributed by atoms with Gasteiger partial charge >= 0.3 is 11.9 Å². The van der Waals surface area contributed by atoms with E-state index in [-0.39, 0.29) is 27.7 Å². The van der Waals surface area contributed by atoms with E-state index in [1.165, 1.54) is 17.7 Å². The van der Waals surface area contributed by atoms with Gasteiger partial charge in [-0.15, -0.1) is 0 Å². The fraction of sp³-hybridized carbons (Fsp3) is 0.265. The molecule has 6 aromatic carbocycles. The predicted molar refractivity (Wildman–Crippen MR) is 230 cm³/mol. The van der Waals surface area contributed by atoms with Gasteiger partial charge in [0, 0.05) is 16.8 Å². The SMILES string of the molecule is CCC(C)(CC)NC(=O)c1c(C(=O)O)cc2ccccc2c1-c1ccc(C)c2cc(C(=O)O)c(C(=O)Nc3ccc(-c4ccc(C(C)(CC)CC)cc4)cc3)cc12. The molecule has 2 amide bonds. The zero-order valence-electron chi connectivity index (χ0n) is 33.7. The summed E-state index contributed by atoms with van der Waals surface area (Å²) in [5.74, 6) is -3.69. The normalized spacial score (nSPS) is 11.8. The second-order valence-electron chi connectivity index (χ2n) is 15.5. The molecule has 0 saturated heterocycles. The zero-order valence-corrected chi connectivity index (χ0v) is 33.7. The van der Waals surface area contributed by atoms with E-state index in [9.17, 15) is 29.4 Å². The first kappa shape index (κ1) is 40.4. The lowest BCUT2D eigenvalue weighted by Gasteiger charge is -2.29. The number of nitrogens with one attached hydrogen (secondary N) is 2. The van der Waals surface area contributed by atoms with Crippen molar-refractivity contribution in [3.63, 3.8) is 0 Å². The minimum absolute atomic E-state index is 0.00716. The number of hydrogen-bond donors (Lipinski definition) is 4. The largest absolute Gasteiger partial charge is 0.478 e. The molecule has 0 saturated carbocycles. The zero-order chi connectivity index (χ0) is 41.2. The van der Waals surface area contributed by atoms with E-state index in [0.717, 1.165) is 29.5 Å². The summed E-state index contributed by atoms with van der Waals surface area (Å²) in [6, 6.07) is 31.4. The Kier molecular flexibility index (Phi) is 11.4. The van der Waals surface area contributed by atoms with Crippen LogP contribution in [0.1, 0.15) is 120 Å². The van der Waals surface area contributed by atoms with Crippen molar-refractivity contribution in [3.05, 3.63) is 137 Å². The molecule has 0 radical (unpaired) electrons. The fourth-order valence-corrected chi connectivity index (χ4v) is 7.58. The van der Waals surface area contributed by atoms with Crippen LogP contribution in [0.4, 0.5) is 5.69 Å². The van der Waals surface area contributed by atoms with Gasteiger partial charge in [0.2, 0.25) is 0 Å². The maximum atomic E-state index is 14.3. The van der Waals surface area contributed by atoms with Crippen molar-refractivity contribution in [2.24, 2.45) is 0 Å². The summed E-state index contributed by atoms with van der Waals surface area (Å²) in [6.45, 7) is 14.4. The molecule has 8 nitrogen and oxygen atoms in total. The average Bonchev–Trinajstić information content (AvgIpc) is 3.22. The number of amides is 2. The van der Waals surface area contributed by atoms with Crippen molar-refractivity contribution in [3.8, 4) is 22.3 Å². The van der Waals surface area contributed by atoms with Crippen LogP contribution in [0.2, 0.25) is 0 Å². The van der Waals surface area contributed by atoms with E-state index < -0.39 is 29.3 Å². The molecular weight excluding hydrogens is 713 g/mol. The summed E-state index contributed by atoms with van der Waals surface area (Å²) in [5, 5.41) is 29.2. The Balaban J connectivity index is 1.47. The number of hydrogen-bond acceptors (Lipinski definition) is 4. The van der Waals surface area contributed by atoms with Crippen molar-refractivity contribution in [2.75, 3.05) is 5.32 Å². The lowest BCUT2D eigenvalue weighted by molar-refractivity contribution is 0.0682. The van der Waals surface area contributed by atoms with Crippen LogP contribution in [0, 0.1) is 6.92 Å². The second kappa shape index (κ2) is 16.1. The minimum atomic E-state index is -1.27. The Hall–Kier alpha value is -6.28. The first-order valence-electron chi connectivity index (χ1n) is 19.6. The van der Waals surface area contributed by atoms with Crippen molar-refractivity contribution >= 4 is 51.0 Å². The average molecular weight is 763 g/mol. The quantitative estimate of drug-likeness (QED) is 0.0926. The third kappa shape index (κ3) is 7.77. The maximum absolute atomic E-state index is 14.3. The van der Waals surface area contributed by atoms with E-state index in [1.54, 1.807) is 36.4 Å². The molecule has 57 heavy (non-hydrogen) atoms. The number of carboxylic acids is 2. The van der Waals surface area contributed by atoms with Crippen LogP contribution in [0.15, 0.2) is 103 Å². The van der Waals surface area contributed by atoms with Crippen molar-refractivity contribution in [1.29, 1.82) is 0 Å². The minimum Gasteiger partial charge on any atom is -0.478 e. The van der Waals surface area contributed by atoms with Gasteiger partial charge in [0.15, 0.2) is 0 Å². The molecule has 0 fully saturated rings. The van der Waals surface area contributed by atoms with Gasteiger partial charge in [0.25, 0.3) is 11.8 Å². The van der Waals surface area contributed by atoms with Crippen molar-refractivity contribution in [2.45, 2.75) is 85.1 Å². The molecular formula is C49H50N2O6. The second-order valence-corrected chi connectivity index (χ2v) is 15.5. The van der Waals surface area contributed by atoms with Crippen LogP contribution in [-0.4, -0.2) is 39.5 Å². The summed E-state index contributed by atoms with van der Waals surface area (Å²) in [5.41, 5.74) is 4.50. The number of carboxylic acid groups (broad SMARTS) is 2. The standard InChI is InChI=1S/C49H50N2O6/c1-8-48(6,9-2)33-21-17-30(18-22-33)31-19-23-34(24-20-31)50-44(52)39-28-38-36(25-16-29(5)37(38)27-40(39)46(54)55)42-35-15-13-12-14-32(35)26-41(47(56)57)43(42)45(53)51-49(7,10-3)11-4/h12-28H,8-11H2,1-7H3,(H,50,52)(H,51,53)(H,54,55)(H,56,57). The van der Waals surface area contributed by atoms with Gasteiger partial charge in [0.05, 0.1) is 22.3 Å². The van der Waals surface area contributed by atoms with Crippen LogP contribution in [0.3, 0.4) is 0 Å². The third-order valence-corrected chi connectivity index (χ3v) is 12.2. The molecule has 0 aliphatic rings. The molecule has 0 aromatic heterocycles.